The summed E-state index contributed by atoms with van der Waals surface area (Å²) >= 11 is 0. The molecule has 0 aliphatic carbocycles. The van der Waals surface area contributed by atoms with Crippen LogP contribution in [0.5, 0.6) is 0 Å². The Labute approximate surface area is 197 Å². The molecule has 0 aromatic rings. The van der Waals surface area contributed by atoms with Crippen LogP contribution in [0.15, 0.2) is 0 Å². The van der Waals surface area contributed by atoms with Crippen molar-refractivity contribution < 1.29 is 60.9 Å². The lowest BCUT2D eigenvalue weighted by molar-refractivity contribution is -0.932. The summed E-state index contributed by atoms with van der Waals surface area (Å²) in [7, 11) is -10.7. The minimum atomic E-state index is -6.72. The second-order valence-corrected chi connectivity index (χ2v) is 14.1. The van der Waals surface area contributed by atoms with E-state index in [-0.39, 0.29) is 0 Å². The summed E-state index contributed by atoms with van der Waals surface area (Å²) < 4.78 is 127. The van der Waals surface area contributed by atoms with Crippen molar-refractivity contribution in [1.82, 2.24) is 0 Å². The van der Waals surface area contributed by atoms with E-state index in [2.05, 4.69) is 6.92 Å². The number of alkyl halides is 6. The molecule has 0 aromatic carbocycles. The highest BCUT2D eigenvalue weighted by atomic mass is 32.3. The van der Waals surface area contributed by atoms with Gasteiger partial charge in [0.05, 0.1) is 26.2 Å². The number of hydrogen-bond donors (Lipinski definition) is 0. The first-order chi connectivity index (χ1) is 15.4. The number of nitrogens with zero attached hydrogens (tertiary/aromatic N) is 2. The first-order valence-electron chi connectivity index (χ1n) is 10.2. The van der Waals surface area contributed by atoms with Gasteiger partial charge in [0.2, 0.25) is 0 Å². The lowest BCUT2D eigenvalue weighted by Crippen LogP contribution is -2.53. The van der Waals surface area contributed by atoms with Gasteiger partial charge in [-0.15, -0.1) is 0 Å². The second kappa shape index (κ2) is 13.2. The van der Waals surface area contributed by atoms with E-state index in [0.29, 0.717) is 0 Å². The SMILES string of the molecule is CCC[N+]1(CCC[Si](OC)(OC)OC)CCCCC1.O=S(=O)([N-]S(=O)(=O)C(F)(F)F)C(F)(F)F. The van der Waals surface area contributed by atoms with Crippen molar-refractivity contribution in [2.24, 2.45) is 0 Å². The average Bonchev–Trinajstić information content (AvgIpc) is 2.71. The largest absolute Gasteiger partial charge is 0.500 e. The molecule has 1 fully saturated rings. The van der Waals surface area contributed by atoms with E-state index in [1.54, 1.807) is 21.3 Å². The van der Waals surface area contributed by atoms with E-state index in [1.807, 2.05) is 0 Å². The summed E-state index contributed by atoms with van der Waals surface area (Å²) in [5.74, 6) is 0. The van der Waals surface area contributed by atoms with Crippen LogP contribution in [0.25, 0.3) is 4.13 Å². The van der Waals surface area contributed by atoms with E-state index < -0.39 is 39.9 Å². The van der Waals surface area contributed by atoms with Gasteiger partial charge in [0.15, 0.2) is 20.0 Å². The van der Waals surface area contributed by atoms with Crippen LogP contribution in [0.4, 0.5) is 26.3 Å². The monoisotopic (exact) mass is 570 g/mol. The zero-order valence-electron chi connectivity index (χ0n) is 19.4. The van der Waals surface area contributed by atoms with Crippen molar-refractivity contribution in [3.8, 4) is 0 Å². The Hall–Kier alpha value is -0.503. The summed E-state index contributed by atoms with van der Waals surface area (Å²) in [5.41, 5.74) is -12.4. The molecule has 0 aromatic heterocycles. The van der Waals surface area contributed by atoms with Gasteiger partial charge < -0.3 is 21.9 Å². The number of quaternary nitrogens is 1. The first-order valence-corrected chi connectivity index (χ1v) is 15.0. The van der Waals surface area contributed by atoms with Crippen molar-refractivity contribution >= 4 is 28.9 Å². The highest BCUT2D eigenvalue weighted by Crippen LogP contribution is 2.36. The van der Waals surface area contributed by atoms with E-state index in [4.69, 9.17) is 13.3 Å². The molecular weight excluding hydrogens is 538 g/mol. The Balaban J connectivity index is 0.000000661. The Kier molecular flexibility index (Phi) is 13.0. The van der Waals surface area contributed by atoms with Crippen LogP contribution in [-0.2, 0) is 33.3 Å². The summed E-state index contributed by atoms with van der Waals surface area (Å²) in [6.45, 7) is 7.58. The molecule has 0 N–H and O–H groups in total. The molecule has 0 radical (unpaired) electrons. The first kappa shape index (κ1) is 33.5. The second-order valence-electron chi connectivity index (χ2n) is 7.61. The Morgan fingerprint density at radius 2 is 1.21 bits per heavy atom. The van der Waals surface area contributed by atoms with Gasteiger partial charge in [0.25, 0.3) is 0 Å². The fraction of sp³-hybridized carbons (Fsp3) is 1.00. The summed E-state index contributed by atoms with van der Waals surface area (Å²) in [6, 6.07) is 0.931. The number of likely N-dealkylation sites (tertiary alicyclic amines) is 1. The predicted octanol–water partition coefficient (Wildman–Crippen LogP) is 3.72. The molecule has 1 saturated heterocycles. The van der Waals surface area contributed by atoms with Gasteiger partial charge in [0.1, 0.15) is 0 Å². The minimum Gasteiger partial charge on any atom is -0.421 e. The molecule has 18 heteroatoms. The van der Waals surface area contributed by atoms with Gasteiger partial charge in [-0.25, -0.2) is 16.8 Å². The quantitative estimate of drug-likeness (QED) is 0.212. The summed E-state index contributed by atoms with van der Waals surface area (Å²) in [5, 5.41) is 0. The van der Waals surface area contributed by atoms with Crippen LogP contribution in [0.1, 0.15) is 39.0 Å². The number of sulfonamides is 2. The molecule has 34 heavy (non-hydrogen) atoms. The van der Waals surface area contributed by atoms with Crippen molar-refractivity contribution in [1.29, 1.82) is 0 Å². The van der Waals surface area contributed by atoms with Crippen molar-refractivity contribution in [2.45, 2.75) is 56.1 Å². The third-order valence-corrected chi connectivity index (χ3v) is 10.9. The molecule has 1 aliphatic heterocycles. The summed E-state index contributed by atoms with van der Waals surface area (Å²) in [4.78, 5) is 0. The third kappa shape index (κ3) is 9.86. The van der Waals surface area contributed by atoms with Gasteiger partial charge in [-0.1, -0.05) is 6.92 Å². The van der Waals surface area contributed by atoms with E-state index >= 15 is 0 Å². The zero-order chi connectivity index (χ0) is 26.9. The van der Waals surface area contributed by atoms with Gasteiger partial charge in [-0.2, -0.15) is 26.3 Å². The molecule has 9 nitrogen and oxygen atoms in total. The van der Waals surface area contributed by atoms with Crippen LogP contribution < -0.4 is 0 Å². The predicted molar refractivity (Wildman–Crippen MR) is 113 cm³/mol. The maximum atomic E-state index is 11.4. The highest BCUT2D eigenvalue weighted by molar-refractivity contribution is 8.13. The minimum absolute atomic E-state index is 0.778. The fourth-order valence-corrected chi connectivity index (χ4v) is 7.03. The molecule has 1 heterocycles. The molecule has 0 bridgehead atoms. The molecule has 206 valence electrons. The summed E-state index contributed by atoms with van der Waals surface area (Å²) in [6.07, 6.45) is 6.61. The van der Waals surface area contributed by atoms with Crippen LogP contribution in [0.2, 0.25) is 6.04 Å². The average molecular weight is 571 g/mol. The maximum absolute atomic E-state index is 11.4. The lowest BCUT2D eigenvalue weighted by Gasteiger charge is -2.42. The normalized spacial score (nSPS) is 17.7. The Morgan fingerprint density at radius 1 is 0.794 bits per heavy atom. The number of hydrogen-bond acceptors (Lipinski definition) is 7. The van der Waals surface area contributed by atoms with Crippen LogP contribution in [0, 0.1) is 0 Å². The smallest absolute Gasteiger partial charge is 0.421 e. The van der Waals surface area contributed by atoms with Gasteiger partial charge in [-0.3, -0.25) is 0 Å². The lowest BCUT2D eigenvalue weighted by atomic mass is 10.1. The highest BCUT2D eigenvalue weighted by Gasteiger charge is 2.47. The zero-order valence-corrected chi connectivity index (χ0v) is 22.0. The molecule has 0 amide bonds. The molecule has 1 rings (SSSR count). The van der Waals surface area contributed by atoms with E-state index in [9.17, 15) is 43.2 Å². The number of halogens is 6. The number of piperidine rings is 1. The topological polar surface area (TPSA) is 110 Å². The molecule has 0 saturated carbocycles. The van der Waals surface area contributed by atoms with Gasteiger partial charge >= 0.3 is 19.8 Å². The van der Waals surface area contributed by atoms with Crippen LogP contribution >= 0.6 is 0 Å². The van der Waals surface area contributed by atoms with Crippen molar-refractivity contribution in [3.63, 3.8) is 0 Å². The van der Waals surface area contributed by atoms with E-state index in [0.717, 1.165) is 16.6 Å². The molecule has 0 atom stereocenters. The maximum Gasteiger partial charge on any atom is 0.500 e. The van der Waals surface area contributed by atoms with Gasteiger partial charge in [0, 0.05) is 33.8 Å². The molecule has 1 aliphatic rings. The molecule has 0 unspecified atom stereocenters. The Morgan fingerprint density at radius 3 is 1.53 bits per heavy atom. The molecular formula is C16H32F6N2O7S2Si. The van der Waals surface area contributed by atoms with Crippen LogP contribution in [-0.4, -0.2) is 88.6 Å². The molecule has 0 spiro atoms. The standard InChI is InChI=1S/C14H32NO3Si.C2F6NO4S2/c1-5-10-15(11-7-6-8-12-15)13-9-14-19(16-2,17-3)18-4;3-1(4,5)14(10,11)9-15(12,13)2(6,7)8/h5-14H2,1-4H3;/q+1;-1. The van der Waals surface area contributed by atoms with Crippen molar-refractivity contribution in [2.75, 3.05) is 47.5 Å². The number of rotatable bonds is 11. The fourth-order valence-electron chi connectivity index (χ4n) is 3.62. The third-order valence-electron chi connectivity index (χ3n) is 5.29. The van der Waals surface area contributed by atoms with E-state index in [1.165, 1.54) is 56.3 Å². The van der Waals surface area contributed by atoms with Crippen molar-refractivity contribution in [3.05, 3.63) is 4.13 Å². The Bertz CT molecular complexity index is 757. The van der Waals surface area contributed by atoms with Gasteiger partial charge in [-0.05, 0) is 25.7 Å². The van der Waals surface area contributed by atoms with Crippen LogP contribution in [0.3, 0.4) is 0 Å².